The van der Waals surface area contributed by atoms with E-state index < -0.39 is 5.97 Å². The summed E-state index contributed by atoms with van der Waals surface area (Å²) in [6, 6.07) is 0. The molecular formula is C30H60O2. The molecule has 192 valence electrons. The highest BCUT2D eigenvalue weighted by atomic mass is 16.4. The summed E-state index contributed by atoms with van der Waals surface area (Å²) in [7, 11) is 0. The van der Waals surface area contributed by atoms with Gasteiger partial charge in [0, 0.05) is 0 Å². The second-order valence-corrected chi connectivity index (χ2v) is 10.9. The maximum absolute atomic E-state index is 11.5. The van der Waals surface area contributed by atoms with Crippen LogP contribution in [0.1, 0.15) is 175 Å². The number of carboxylic acids is 1. The molecule has 0 aliphatic heterocycles. The molecule has 0 rings (SSSR count). The van der Waals surface area contributed by atoms with Crippen molar-refractivity contribution in [2.45, 2.75) is 175 Å². The zero-order valence-corrected chi connectivity index (χ0v) is 22.5. The van der Waals surface area contributed by atoms with Crippen LogP contribution >= 0.6 is 0 Å². The third kappa shape index (κ3) is 24.1. The zero-order valence-electron chi connectivity index (χ0n) is 22.5. The van der Waals surface area contributed by atoms with Crippen molar-refractivity contribution >= 4 is 5.97 Å². The highest BCUT2D eigenvalue weighted by Crippen LogP contribution is 2.20. The van der Waals surface area contributed by atoms with Crippen molar-refractivity contribution in [2.75, 3.05) is 0 Å². The van der Waals surface area contributed by atoms with Crippen LogP contribution in [-0.4, -0.2) is 11.1 Å². The van der Waals surface area contributed by atoms with Crippen molar-refractivity contribution in [3.05, 3.63) is 0 Å². The number of rotatable bonds is 26. The van der Waals surface area contributed by atoms with Crippen LogP contribution in [0.15, 0.2) is 0 Å². The first-order chi connectivity index (χ1) is 15.6. The summed E-state index contributed by atoms with van der Waals surface area (Å²) in [4.78, 5) is 11.5. The quantitative estimate of drug-likeness (QED) is 0.132. The third-order valence-electron chi connectivity index (χ3n) is 7.09. The lowest BCUT2D eigenvalue weighted by atomic mass is 9.94. The van der Waals surface area contributed by atoms with Gasteiger partial charge in [-0.3, -0.25) is 4.79 Å². The Hall–Kier alpha value is -0.530. The molecular weight excluding hydrogens is 392 g/mol. The van der Waals surface area contributed by atoms with E-state index in [0.29, 0.717) is 0 Å². The van der Waals surface area contributed by atoms with Gasteiger partial charge in [-0.2, -0.15) is 0 Å². The molecule has 1 atom stereocenters. The summed E-state index contributed by atoms with van der Waals surface area (Å²) in [5, 5.41) is 9.50. The molecule has 1 unspecified atom stereocenters. The summed E-state index contributed by atoms with van der Waals surface area (Å²) >= 11 is 0. The molecule has 0 fully saturated rings. The van der Waals surface area contributed by atoms with Crippen molar-refractivity contribution in [3.63, 3.8) is 0 Å². The van der Waals surface area contributed by atoms with Gasteiger partial charge < -0.3 is 5.11 Å². The zero-order chi connectivity index (χ0) is 23.7. The monoisotopic (exact) mass is 452 g/mol. The van der Waals surface area contributed by atoms with E-state index >= 15 is 0 Å². The minimum absolute atomic E-state index is 0.0968. The minimum Gasteiger partial charge on any atom is -0.481 e. The SMILES string of the molecule is CCCCCCCCCCC(CCCCCCCCCCCCCCCC(C)C)C(=O)O. The topological polar surface area (TPSA) is 37.3 Å². The number of hydrogen-bond acceptors (Lipinski definition) is 1. The van der Waals surface area contributed by atoms with Crippen molar-refractivity contribution in [1.29, 1.82) is 0 Å². The van der Waals surface area contributed by atoms with E-state index in [1.54, 1.807) is 0 Å². The van der Waals surface area contributed by atoms with E-state index in [9.17, 15) is 9.90 Å². The van der Waals surface area contributed by atoms with Crippen LogP contribution in [0.25, 0.3) is 0 Å². The van der Waals surface area contributed by atoms with Gasteiger partial charge in [-0.15, -0.1) is 0 Å². The van der Waals surface area contributed by atoms with Gasteiger partial charge in [0.1, 0.15) is 0 Å². The van der Waals surface area contributed by atoms with Gasteiger partial charge in [-0.25, -0.2) is 0 Å². The fourth-order valence-electron chi connectivity index (χ4n) is 4.80. The Morgan fingerprint density at radius 2 is 0.781 bits per heavy atom. The second kappa shape index (κ2) is 25.1. The van der Waals surface area contributed by atoms with E-state index in [2.05, 4.69) is 20.8 Å². The normalized spacial score (nSPS) is 12.5. The Kier molecular flexibility index (Phi) is 24.7. The summed E-state index contributed by atoms with van der Waals surface area (Å²) < 4.78 is 0. The lowest BCUT2D eigenvalue weighted by Gasteiger charge is -2.12. The van der Waals surface area contributed by atoms with Gasteiger partial charge in [0.2, 0.25) is 0 Å². The average Bonchev–Trinajstić information content (AvgIpc) is 2.76. The van der Waals surface area contributed by atoms with Crippen molar-refractivity contribution in [3.8, 4) is 0 Å². The first kappa shape index (κ1) is 31.5. The van der Waals surface area contributed by atoms with Crippen molar-refractivity contribution in [1.82, 2.24) is 0 Å². The molecule has 0 spiro atoms. The molecule has 0 heterocycles. The summed E-state index contributed by atoms with van der Waals surface area (Å²) in [6.45, 7) is 6.90. The maximum atomic E-state index is 11.5. The van der Waals surface area contributed by atoms with Crippen LogP contribution in [0.3, 0.4) is 0 Å². The van der Waals surface area contributed by atoms with Crippen LogP contribution < -0.4 is 0 Å². The molecule has 1 N–H and O–H groups in total. The van der Waals surface area contributed by atoms with Crippen LogP contribution in [0.5, 0.6) is 0 Å². The van der Waals surface area contributed by atoms with Gasteiger partial charge in [-0.05, 0) is 18.8 Å². The first-order valence-electron chi connectivity index (χ1n) is 14.8. The van der Waals surface area contributed by atoms with Crippen LogP contribution in [0.4, 0.5) is 0 Å². The second-order valence-electron chi connectivity index (χ2n) is 10.9. The molecule has 2 heteroatoms. The molecule has 2 nitrogen and oxygen atoms in total. The predicted octanol–water partition coefficient (Wildman–Crippen LogP) is 10.7. The molecule has 0 radical (unpaired) electrons. The van der Waals surface area contributed by atoms with Gasteiger partial charge in [0.15, 0.2) is 0 Å². The van der Waals surface area contributed by atoms with Gasteiger partial charge in [0.25, 0.3) is 0 Å². The number of carboxylic acid groups (broad SMARTS) is 1. The van der Waals surface area contributed by atoms with E-state index in [-0.39, 0.29) is 5.92 Å². The van der Waals surface area contributed by atoms with Crippen molar-refractivity contribution in [2.24, 2.45) is 11.8 Å². The summed E-state index contributed by atoms with van der Waals surface area (Å²) in [6.07, 6.45) is 31.2. The molecule has 0 aromatic rings. The van der Waals surface area contributed by atoms with E-state index in [4.69, 9.17) is 0 Å². The molecule has 0 amide bonds. The highest BCUT2D eigenvalue weighted by Gasteiger charge is 2.16. The molecule has 0 aromatic heterocycles. The summed E-state index contributed by atoms with van der Waals surface area (Å²) in [5.41, 5.74) is 0. The van der Waals surface area contributed by atoms with Gasteiger partial charge in [-0.1, -0.05) is 162 Å². The maximum Gasteiger partial charge on any atom is 0.306 e. The number of unbranched alkanes of at least 4 members (excludes halogenated alkanes) is 19. The fourth-order valence-corrected chi connectivity index (χ4v) is 4.80. The third-order valence-corrected chi connectivity index (χ3v) is 7.09. The van der Waals surface area contributed by atoms with Crippen molar-refractivity contribution < 1.29 is 9.90 Å². The van der Waals surface area contributed by atoms with E-state index in [1.807, 2.05) is 0 Å². The molecule has 0 bridgehead atoms. The Morgan fingerprint density at radius 1 is 0.500 bits per heavy atom. The average molecular weight is 453 g/mol. The Labute approximate surface area is 202 Å². The molecule has 0 aromatic carbocycles. The van der Waals surface area contributed by atoms with Crippen LogP contribution in [-0.2, 0) is 4.79 Å². The van der Waals surface area contributed by atoms with Crippen LogP contribution in [0, 0.1) is 11.8 Å². The molecule has 0 aliphatic carbocycles. The lowest BCUT2D eigenvalue weighted by Crippen LogP contribution is -2.13. The Bertz CT molecular complexity index is 377. The van der Waals surface area contributed by atoms with Gasteiger partial charge >= 0.3 is 5.97 Å². The lowest BCUT2D eigenvalue weighted by molar-refractivity contribution is -0.142. The molecule has 32 heavy (non-hydrogen) atoms. The number of carbonyl (C=O) groups is 1. The van der Waals surface area contributed by atoms with E-state index in [1.165, 1.54) is 128 Å². The number of aliphatic carboxylic acids is 1. The first-order valence-corrected chi connectivity index (χ1v) is 14.8. The minimum atomic E-state index is -0.562. The predicted molar refractivity (Wildman–Crippen MR) is 142 cm³/mol. The highest BCUT2D eigenvalue weighted by molar-refractivity contribution is 5.69. The standard InChI is InChI=1S/C30H60O2/c1-4-5-6-7-8-17-20-23-26-29(30(31)32)27-24-21-18-15-13-11-9-10-12-14-16-19-22-25-28(2)3/h28-29H,4-27H2,1-3H3,(H,31,32). The smallest absolute Gasteiger partial charge is 0.306 e. The largest absolute Gasteiger partial charge is 0.481 e. The molecule has 0 aliphatic rings. The Morgan fingerprint density at radius 3 is 1.06 bits per heavy atom. The Balaban J connectivity index is 3.39. The van der Waals surface area contributed by atoms with Crippen LogP contribution in [0.2, 0.25) is 0 Å². The molecule has 0 saturated carbocycles. The summed E-state index contributed by atoms with van der Waals surface area (Å²) in [5.74, 6) is 0.210. The van der Waals surface area contributed by atoms with E-state index in [0.717, 1.165) is 31.6 Å². The molecule has 0 saturated heterocycles. The fraction of sp³-hybridized carbons (Fsp3) is 0.967. The number of hydrogen-bond donors (Lipinski definition) is 1. The van der Waals surface area contributed by atoms with Gasteiger partial charge in [0.05, 0.1) is 5.92 Å².